The molecule has 1 aromatic carbocycles. The topological polar surface area (TPSA) is 71.4 Å². The molecule has 86 valence electrons. The number of rotatable bonds is 3. The molecule has 0 atom stereocenters. The van der Waals surface area contributed by atoms with Crippen molar-refractivity contribution in [3.05, 3.63) is 16.8 Å². The van der Waals surface area contributed by atoms with Crippen molar-refractivity contribution in [1.29, 1.82) is 0 Å². The van der Waals surface area contributed by atoms with E-state index in [2.05, 4.69) is 9.79 Å². The second-order valence-electron chi connectivity index (χ2n) is 3.25. The second kappa shape index (κ2) is 3.88. The van der Waals surface area contributed by atoms with E-state index in [1.165, 1.54) is 7.11 Å². The average Bonchev–Trinajstić information content (AvgIpc) is 2.68. The molecule has 0 spiro atoms. The summed E-state index contributed by atoms with van der Waals surface area (Å²) in [6.07, 6.45) is 0.723. The third-order valence-corrected chi connectivity index (χ3v) is 2.46. The Bertz CT molecular complexity index is 521. The summed E-state index contributed by atoms with van der Waals surface area (Å²) in [6, 6.07) is 1.69. The summed E-state index contributed by atoms with van der Waals surface area (Å²) in [5.74, 6) is 1.02. The van der Waals surface area contributed by atoms with Crippen LogP contribution in [0.25, 0.3) is 11.0 Å². The van der Waals surface area contributed by atoms with Gasteiger partial charge in [-0.3, -0.25) is 4.63 Å². The van der Waals surface area contributed by atoms with Crippen molar-refractivity contribution in [3.8, 4) is 11.5 Å². The van der Waals surface area contributed by atoms with Crippen molar-refractivity contribution in [3.63, 3.8) is 0 Å². The third kappa shape index (κ3) is 1.34. The van der Waals surface area contributed by atoms with Gasteiger partial charge in [-0.25, -0.2) is 0 Å². The van der Waals surface area contributed by atoms with Crippen molar-refractivity contribution in [2.24, 2.45) is 0 Å². The fourth-order valence-electron chi connectivity index (χ4n) is 1.69. The monoisotopic (exact) mass is 224 g/mol. The highest BCUT2D eigenvalue weighted by Crippen LogP contribution is 2.36. The summed E-state index contributed by atoms with van der Waals surface area (Å²) >= 11 is 0. The maximum absolute atomic E-state index is 11.3. The summed E-state index contributed by atoms with van der Waals surface area (Å²) in [4.78, 5) is 0.358. The van der Waals surface area contributed by atoms with Gasteiger partial charge in [-0.05, 0) is 11.3 Å². The molecule has 0 aliphatic heterocycles. The van der Waals surface area contributed by atoms with Crippen LogP contribution in [0, 0.1) is 5.21 Å². The second-order valence-corrected chi connectivity index (χ2v) is 3.25. The van der Waals surface area contributed by atoms with Gasteiger partial charge >= 0.3 is 0 Å². The predicted molar refractivity (Wildman–Crippen MR) is 55.5 cm³/mol. The first-order valence-electron chi connectivity index (χ1n) is 4.86. The van der Waals surface area contributed by atoms with E-state index in [1.807, 2.05) is 6.92 Å². The molecule has 0 saturated heterocycles. The molecule has 2 aromatic rings. The van der Waals surface area contributed by atoms with E-state index in [1.54, 1.807) is 13.2 Å². The lowest BCUT2D eigenvalue weighted by Gasteiger charge is -2.09. The van der Waals surface area contributed by atoms with Crippen molar-refractivity contribution < 1.29 is 19.0 Å². The number of hydrogen-bond acceptors (Lipinski definition) is 5. The Morgan fingerprint density at radius 3 is 2.62 bits per heavy atom. The van der Waals surface area contributed by atoms with Gasteiger partial charge in [0, 0.05) is 11.6 Å². The van der Waals surface area contributed by atoms with Crippen LogP contribution in [0.2, 0.25) is 0 Å². The Morgan fingerprint density at radius 1 is 1.38 bits per heavy atom. The maximum atomic E-state index is 11.3. The molecule has 6 heteroatoms. The van der Waals surface area contributed by atoms with Gasteiger partial charge in [0.25, 0.3) is 5.52 Å². The minimum absolute atomic E-state index is 0.342. The molecule has 2 rings (SSSR count). The largest absolute Gasteiger partial charge is 0.492 e. The van der Waals surface area contributed by atoms with E-state index in [0.29, 0.717) is 27.4 Å². The highest BCUT2D eigenvalue weighted by atomic mass is 16.8. The SMILES string of the molecule is CCc1cc2c(no[n+]2[O-])c(OC)c1OC. The van der Waals surface area contributed by atoms with Crippen LogP contribution in [0.1, 0.15) is 12.5 Å². The highest BCUT2D eigenvalue weighted by molar-refractivity contribution is 5.83. The number of aromatic nitrogens is 2. The lowest BCUT2D eigenvalue weighted by Crippen LogP contribution is -2.22. The van der Waals surface area contributed by atoms with E-state index >= 15 is 0 Å². The number of methoxy groups -OCH3 is 2. The molecule has 0 saturated carbocycles. The van der Waals surface area contributed by atoms with Crippen LogP contribution in [-0.2, 0) is 6.42 Å². The molecule has 6 nitrogen and oxygen atoms in total. The number of fused-ring (bicyclic) bond motifs is 1. The fraction of sp³-hybridized carbons (Fsp3) is 0.400. The van der Waals surface area contributed by atoms with Gasteiger partial charge in [-0.15, -0.1) is 0 Å². The Balaban J connectivity index is 2.83. The van der Waals surface area contributed by atoms with Crippen LogP contribution in [0.4, 0.5) is 0 Å². The molecular formula is C10H12N2O4. The minimum atomic E-state index is 0.342. The van der Waals surface area contributed by atoms with Crippen LogP contribution in [-0.4, -0.2) is 19.4 Å². The molecule has 0 bridgehead atoms. The van der Waals surface area contributed by atoms with Crippen molar-refractivity contribution in [1.82, 2.24) is 5.16 Å². The lowest BCUT2D eigenvalue weighted by molar-refractivity contribution is -0.782. The normalized spacial score (nSPS) is 10.7. The number of nitrogens with zero attached hydrogens (tertiary/aromatic N) is 2. The van der Waals surface area contributed by atoms with Crippen LogP contribution < -0.4 is 14.4 Å². The van der Waals surface area contributed by atoms with Gasteiger partial charge in [0.15, 0.2) is 5.75 Å². The zero-order chi connectivity index (χ0) is 11.7. The van der Waals surface area contributed by atoms with Crippen molar-refractivity contribution in [2.45, 2.75) is 13.3 Å². The van der Waals surface area contributed by atoms with Gasteiger partial charge in [0.05, 0.1) is 19.4 Å². The van der Waals surface area contributed by atoms with E-state index in [4.69, 9.17) is 9.47 Å². The summed E-state index contributed by atoms with van der Waals surface area (Å²) < 4.78 is 15.0. The Kier molecular flexibility index (Phi) is 2.55. The smallest absolute Gasteiger partial charge is 0.294 e. The van der Waals surface area contributed by atoms with Gasteiger partial charge in [-0.2, -0.15) is 0 Å². The zero-order valence-electron chi connectivity index (χ0n) is 9.31. The molecule has 0 fully saturated rings. The van der Waals surface area contributed by atoms with Gasteiger partial charge in [0.1, 0.15) is 0 Å². The Labute approximate surface area is 91.9 Å². The quantitative estimate of drug-likeness (QED) is 0.728. The molecule has 0 aliphatic rings. The maximum Gasteiger partial charge on any atom is 0.294 e. The van der Waals surface area contributed by atoms with E-state index in [-0.39, 0.29) is 0 Å². The summed E-state index contributed by atoms with van der Waals surface area (Å²) in [5.41, 5.74) is 1.58. The van der Waals surface area contributed by atoms with Crippen molar-refractivity contribution in [2.75, 3.05) is 14.2 Å². The summed E-state index contributed by atoms with van der Waals surface area (Å²) in [6.45, 7) is 1.96. The van der Waals surface area contributed by atoms with Crippen molar-refractivity contribution >= 4 is 11.0 Å². The van der Waals surface area contributed by atoms with E-state index in [9.17, 15) is 5.21 Å². The minimum Gasteiger partial charge on any atom is -0.492 e. The number of benzene rings is 1. The fourth-order valence-corrected chi connectivity index (χ4v) is 1.69. The standard InChI is InChI=1S/C10H12N2O4/c1-4-6-5-7-8(11-16-12(7)13)10(15-3)9(6)14-2/h5H,4H2,1-3H3. The first-order valence-corrected chi connectivity index (χ1v) is 4.86. The lowest BCUT2D eigenvalue weighted by atomic mass is 10.1. The van der Waals surface area contributed by atoms with Crippen LogP contribution in [0.15, 0.2) is 10.7 Å². The van der Waals surface area contributed by atoms with Gasteiger partial charge in [0.2, 0.25) is 11.3 Å². The Hall–Kier alpha value is -1.98. The zero-order valence-corrected chi connectivity index (χ0v) is 9.31. The highest BCUT2D eigenvalue weighted by Gasteiger charge is 2.23. The molecule has 1 aromatic heterocycles. The van der Waals surface area contributed by atoms with Crippen LogP contribution >= 0.6 is 0 Å². The van der Waals surface area contributed by atoms with Crippen LogP contribution in [0.5, 0.6) is 11.5 Å². The number of aryl methyl sites for hydroxylation is 1. The van der Waals surface area contributed by atoms with E-state index in [0.717, 1.165) is 12.0 Å². The predicted octanol–water partition coefficient (Wildman–Crippen LogP) is 1.04. The molecule has 0 radical (unpaired) electrons. The first kappa shape index (κ1) is 10.5. The van der Waals surface area contributed by atoms with E-state index < -0.39 is 0 Å². The summed E-state index contributed by atoms with van der Waals surface area (Å²) in [7, 11) is 3.05. The molecule has 0 unspecified atom stereocenters. The van der Waals surface area contributed by atoms with Gasteiger partial charge in [-0.1, -0.05) is 6.92 Å². The Morgan fingerprint density at radius 2 is 2.06 bits per heavy atom. The van der Waals surface area contributed by atoms with Gasteiger partial charge < -0.3 is 14.7 Å². The third-order valence-electron chi connectivity index (χ3n) is 2.46. The molecule has 1 heterocycles. The molecule has 0 N–H and O–H groups in total. The molecule has 0 amide bonds. The molecule has 16 heavy (non-hydrogen) atoms. The van der Waals surface area contributed by atoms with Crippen LogP contribution in [0.3, 0.4) is 0 Å². The molecule has 0 aliphatic carbocycles. The number of hydrogen-bond donors (Lipinski definition) is 0. The average molecular weight is 224 g/mol. The molecular weight excluding hydrogens is 212 g/mol. The number of ether oxygens (including phenoxy) is 2. The first-order chi connectivity index (χ1) is 7.72. The summed E-state index contributed by atoms with van der Waals surface area (Å²) in [5, 5.41) is 14.9.